The van der Waals surface area contributed by atoms with Crippen LogP contribution >= 0.6 is 11.3 Å². The quantitative estimate of drug-likeness (QED) is 0.890. The van der Waals surface area contributed by atoms with Crippen LogP contribution in [0.25, 0.3) is 0 Å². The molecular weight excluding hydrogens is 242 g/mol. The van der Waals surface area contributed by atoms with Crippen molar-refractivity contribution in [3.63, 3.8) is 0 Å². The number of aromatic nitrogens is 1. The monoisotopic (exact) mass is 267 g/mol. The average Bonchev–Trinajstić information content (AvgIpc) is 2.76. The van der Waals surface area contributed by atoms with Crippen molar-refractivity contribution in [2.75, 3.05) is 19.6 Å². The lowest BCUT2D eigenvalue weighted by Crippen LogP contribution is -2.33. The minimum atomic E-state index is 0.242. The lowest BCUT2D eigenvalue weighted by Gasteiger charge is -2.30. The molecule has 1 aromatic rings. The Balaban J connectivity index is 1.81. The van der Waals surface area contributed by atoms with Crippen molar-refractivity contribution in [2.45, 2.75) is 45.6 Å². The van der Waals surface area contributed by atoms with E-state index in [9.17, 15) is 0 Å². The molecule has 0 aliphatic carbocycles. The number of nitrogens with two attached hydrogens (primary N) is 1. The van der Waals surface area contributed by atoms with Crippen LogP contribution in [0.1, 0.15) is 36.6 Å². The van der Waals surface area contributed by atoms with Crippen molar-refractivity contribution in [2.24, 2.45) is 11.7 Å². The molecule has 1 unspecified atom stereocenters. The fourth-order valence-electron chi connectivity index (χ4n) is 2.61. The van der Waals surface area contributed by atoms with Crippen LogP contribution in [0.5, 0.6) is 0 Å². The highest BCUT2D eigenvalue weighted by Crippen LogP contribution is 2.24. The van der Waals surface area contributed by atoms with E-state index in [4.69, 9.17) is 5.73 Å². The maximum absolute atomic E-state index is 5.82. The summed E-state index contributed by atoms with van der Waals surface area (Å²) in [6.07, 6.45) is 6.81. The maximum atomic E-state index is 5.82. The van der Waals surface area contributed by atoms with Crippen LogP contribution in [0, 0.1) is 5.92 Å². The molecule has 3 nitrogen and oxygen atoms in total. The number of thiazole rings is 1. The van der Waals surface area contributed by atoms with Gasteiger partial charge in [-0.25, -0.2) is 4.98 Å². The van der Waals surface area contributed by atoms with Crippen LogP contribution in [-0.2, 0) is 12.8 Å². The highest BCUT2D eigenvalue weighted by molar-refractivity contribution is 7.11. The molecule has 4 heteroatoms. The first-order valence-corrected chi connectivity index (χ1v) is 7.90. The van der Waals surface area contributed by atoms with Gasteiger partial charge in [0.25, 0.3) is 0 Å². The summed E-state index contributed by atoms with van der Waals surface area (Å²) in [6, 6.07) is 0.242. The van der Waals surface area contributed by atoms with Crippen molar-refractivity contribution in [3.05, 3.63) is 16.1 Å². The number of piperidine rings is 1. The van der Waals surface area contributed by atoms with Gasteiger partial charge in [-0.1, -0.05) is 6.92 Å². The summed E-state index contributed by atoms with van der Waals surface area (Å²) in [6.45, 7) is 8.03. The van der Waals surface area contributed by atoms with E-state index in [1.165, 1.54) is 48.8 Å². The van der Waals surface area contributed by atoms with Gasteiger partial charge in [0.05, 0.1) is 5.01 Å². The van der Waals surface area contributed by atoms with E-state index in [-0.39, 0.29) is 6.04 Å². The second-order valence-corrected chi connectivity index (χ2v) is 6.68. The Hall–Kier alpha value is -0.450. The smallest absolute Gasteiger partial charge is 0.0930 e. The van der Waals surface area contributed by atoms with Crippen molar-refractivity contribution in [1.82, 2.24) is 9.88 Å². The van der Waals surface area contributed by atoms with Gasteiger partial charge in [0.15, 0.2) is 0 Å². The summed E-state index contributed by atoms with van der Waals surface area (Å²) in [5.41, 5.74) is 5.82. The highest BCUT2D eigenvalue weighted by atomic mass is 32.1. The molecule has 1 saturated heterocycles. The van der Waals surface area contributed by atoms with Gasteiger partial charge in [0, 0.05) is 23.5 Å². The lowest BCUT2D eigenvalue weighted by molar-refractivity contribution is 0.192. The normalized spacial score (nSPS) is 20.2. The standard InChI is InChI=1S/C14H25N3S/c1-3-17-6-4-12(5-7-17)9-14-16-10-13(18-14)8-11(2)15/h10-12H,3-9,15H2,1-2H3. The van der Waals surface area contributed by atoms with E-state index < -0.39 is 0 Å². The zero-order valence-electron chi connectivity index (χ0n) is 11.6. The molecule has 0 radical (unpaired) electrons. The largest absolute Gasteiger partial charge is 0.328 e. The van der Waals surface area contributed by atoms with Crippen molar-refractivity contribution < 1.29 is 0 Å². The molecule has 0 bridgehead atoms. The van der Waals surface area contributed by atoms with E-state index in [2.05, 4.69) is 23.7 Å². The first-order chi connectivity index (χ1) is 8.67. The van der Waals surface area contributed by atoms with E-state index >= 15 is 0 Å². The molecule has 0 amide bonds. The van der Waals surface area contributed by atoms with Gasteiger partial charge in [-0.05, 0) is 51.7 Å². The minimum absolute atomic E-state index is 0.242. The number of hydrogen-bond donors (Lipinski definition) is 1. The van der Waals surface area contributed by atoms with Gasteiger partial charge in [0.1, 0.15) is 0 Å². The predicted molar refractivity (Wildman–Crippen MR) is 78.0 cm³/mol. The average molecular weight is 267 g/mol. The van der Waals surface area contributed by atoms with Gasteiger partial charge in [-0.3, -0.25) is 0 Å². The molecule has 2 N–H and O–H groups in total. The first-order valence-electron chi connectivity index (χ1n) is 7.09. The third-order valence-corrected chi connectivity index (χ3v) is 4.78. The van der Waals surface area contributed by atoms with Crippen LogP contribution in [-0.4, -0.2) is 35.6 Å². The highest BCUT2D eigenvalue weighted by Gasteiger charge is 2.19. The van der Waals surface area contributed by atoms with Crippen LogP contribution in [0.2, 0.25) is 0 Å². The summed E-state index contributed by atoms with van der Waals surface area (Å²) >= 11 is 1.86. The minimum Gasteiger partial charge on any atom is -0.328 e. The molecule has 1 aliphatic rings. The summed E-state index contributed by atoms with van der Waals surface area (Å²) in [4.78, 5) is 8.43. The van der Waals surface area contributed by atoms with Crippen LogP contribution in [0.15, 0.2) is 6.20 Å². The van der Waals surface area contributed by atoms with E-state index in [0.717, 1.165) is 12.3 Å². The van der Waals surface area contributed by atoms with Crippen molar-refractivity contribution in [1.29, 1.82) is 0 Å². The summed E-state index contributed by atoms with van der Waals surface area (Å²) < 4.78 is 0. The van der Waals surface area contributed by atoms with E-state index in [1.54, 1.807) is 0 Å². The number of likely N-dealkylation sites (tertiary alicyclic amines) is 1. The predicted octanol–water partition coefficient (Wildman–Crippen LogP) is 2.31. The Morgan fingerprint density at radius 1 is 1.50 bits per heavy atom. The molecule has 1 aromatic heterocycles. The molecule has 0 spiro atoms. The zero-order chi connectivity index (χ0) is 13.0. The Kier molecular flexibility index (Phi) is 5.15. The molecule has 0 aromatic carbocycles. The topological polar surface area (TPSA) is 42.2 Å². The van der Waals surface area contributed by atoms with Gasteiger partial charge in [0.2, 0.25) is 0 Å². The van der Waals surface area contributed by atoms with E-state index in [0.29, 0.717) is 0 Å². The van der Waals surface area contributed by atoms with Crippen LogP contribution < -0.4 is 5.73 Å². The molecule has 2 rings (SSSR count). The van der Waals surface area contributed by atoms with Gasteiger partial charge in [-0.2, -0.15) is 0 Å². The summed E-state index contributed by atoms with van der Waals surface area (Å²) in [7, 11) is 0. The molecular formula is C14H25N3S. The van der Waals surface area contributed by atoms with Crippen molar-refractivity contribution >= 4 is 11.3 Å². The van der Waals surface area contributed by atoms with Gasteiger partial charge >= 0.3 is 0 Å². The summed E-state index contributed by atoms with van der Waals surface area (Å²) in [5, 5.41) is 1.31. The second-order valence-electron chi connectivity index (χ2n) is 5.48. The molecule has 1 fully saturated rings. The van der Waals surface area contributed by atoms with Crippen LogP contribution in [0.4, 0.5) is 0 Å². The van der Waals surface area contributed by atoms with Gasteiger partial charge in [-0.15, -0.1) is 11.3 Å². The zero-order valence-corrected chi connectivity index (χ0v) is 12.4. The van der Waals surface area contributed by atoms with Crippen LogP contribution in [0.3, 0.4) is 0 Å². The van der Waals surface area contributed by atoms with Gasteiger partial charge < -0.3 is 10.6 Å². The molecule has 18 heavy (non-hydrogen) atoms. The third kappa shape index (κ3) is 4.04. The number of rotatable bonds is 5. The first kappa shape index (κ1) is 14.0. The Labute approximate surface area is 114 Å². The van der Waals surface area contributed by atoms with Crippen molar-refractivity contribution in [3.8, 4) is 0 Å². The molecule has 0 saturated carbocycles. The molecule has 1 atom stereocenters. The fourth-order valence-corrected chi connectivity index (χ4v) is 3.79. The Morgan fingerprint density at radius 2 is 2.22 bits per heavy atom. The maximum Gasteiger partial charge on any atom is 0.0930 e. The second kappa shape index (κ2) is 6.64. The fraction of sp³-hybridized carbons (Fsp3) is 0.786. The third-order valence-electron chi connectivity index (χ3n) is 3.74. The molecule has 1 aliphatic heterocycles. The Bertz CT molecular complexity index is 354. The molecule has 102 valence electrons. The number of nitrogens with zero attached hydrogens (tertiary/aromatic N) is 2. The summed E-state index contributed by atoms with van der Waals surface area (Å²) in [5.74, 6) is 0.835. The number of hydrogen-bond acceptors (Lipinski definition) is 4. The SMILES string of the molecule is CCN1CCC(Cc2ncc(CC(C)N)s2)CC1. The van der Waals surface area contributed by atoms with E-state index in [1.807, 2.05) is 17.5 Å². The molecule has 2 heterocycles. The lowest BCUT2D eigenvalue weighted by atomic mass is 9.94. The Morgan fingerprint density at radius 3 is 2.83 bits per heavy atom.